The Bertz CT molecular complexity index is 379. The number of amides is 1. The molecule has 1 atom stereocenters. The van der Waals surface area contributed by atoms with Gasteiger partial charge in [0.2, 0.25) is 0 Å². The summed E-state index contributed by atoms with van der Waals surface area (Å²) in [5.74, 6) is 0. The maximum absolute atomic E-state index is 11.0. The van der Waals surface area contributed by atoms with Crippen molar-refractivity contribution >= 4 is 6.09 Å². The molecule has 1 aromatic rings. The van der Waals surface area contributed by atoms with Crippen LogP contribution in [0.4, 0.5) is 4.79 Å². The highest BCUT2D eigenvalue weighted by Gasteiger charge is 2.12. The van der Waals surface area contributed by atoms with E-state index in [1.807, 2.05) is 6.07 Å². The van der Waals surface area contributed by atoms with Crippen LogP contribution in [-0.4, -0.2) is 44.8 Å². The van der Waals surface area contributed by atoms with Gasteiger partial charge >= 0.3 is 6.09 Å². The molecule has 1 N–H and O–H groups in total. The molecule has 0 fully saturated rings. The zero-order valence-electron chi connectivity index (χ0n) is 12.8. The van der Waals surface area contributed by atoms with Gasteiger partial charge in [-0.1, -0.05) is 30.3 Å². The molecule has 1 unspecified atom stereocenters. The maximum atomic E-state index is 11.0. The topological polar surface area (TPSA) is 41.6 Å². The lowest BCUT2D eigenvalue weighted by Gasteiger charge is -2.24. The first-order chi connectivity index (χ1) is 9.63. The number of ether oxygens (including phenoxy) is 1. The summed E-state index contributed by atoms with van der Waals surface area (Å²) in [5, 5.41) is 2.46. The lowest BCUT2D eigenvalue weighted by molar-refractivity contribution is 0.131. The summed E-state index contributed by atoms with van der Waals surface area (Å²) >= 11 is 0. The summed E-state index contributed by atoms with van der Waals surface area (Å²) in [6.45, 7) is 0.466. The Morgan fingerprint density at radius 1 is 1.25 bits per heavy atom. The highest BCUT2D eigenvalue weighted by molar-refractivity contribution is 5.66. The quantitative estimate of drug-likeness (QED) is 0.795. The van der Waals surface area contributed by atoms with Crippen molar-refractivity contribution in [2.45, 2.75) is 31.7 Å². The van der Waals surface area contributed by atoms with Crippen molar-refractivity contribution in [2.24, 2.45) is 0 Å². The number of carbonyl (C=O) groups excluding carboxylic acids is 1. The highest BCUT2D eigenvalue weighted by atomic mass is 16.5. The lowest BCUT2D eigenvalue weighted by Crippen LogP contribution is -2.30. The molecular formula is C16H26N2O2. The first-order valence-electron chi connectivity index (χ1n) is 7.18. The molecule has 112 valence electrons. The van der Waals surface area contributed by atoms with Gasteiger partial charge in [-0.3, -0.25) is 0 Å². The molecule has 0 aliphatic rings. The first kappa shape index (κ1) is 16.5. The number of alkyl carbamates (subject to hydrolysis) is 1. The fourth-order valence-corrected chi connectivity index (χ4v) is 2.21. The fourth-order valence-electron chi connectivity index (χ4n) is 2.21. The van der Waals surface area contributed by atoms with Crippen molar-refractivity contribution in [1.29, 1.82) is 0 Å². The number of benzene rings is 1. The molecular weight excluding hydrogens is 252 g/mol. The van der Waals surface area contributed by atoms with Crippen LogP contribution < -0.4 is 5.32 Å². The van der Waals surface area contributed by atoms with Gasteiger partial charge in [0, 0.05) is 13.1 Å². The predicted molar refractivity (Wildman–Crippen MR) is 81.9 cm³/mol. The van der Waals surface area contributed by atoms with Crippen LogP contribution in [0.3, 0.4) is 0 Å². The molecule has 0 bridgehead atoms. The van der Waals surface area contributed by atoms with Gasteiger partial charge in [0.15, 0.2) is 0 Å². The molecule has 1 aromatic carbocycles. The van der Waals surface area contributed by atoms with E-state index in [9.17, 15) is 4.79 Å². The molecule has 4 nitrogen and oxygen atoms in total. The zero-order valence-corrected chi connectivity index (χ0v) is 12.8. The van der Waals surface area contributed by atoms with E-state index in [-0.39, 0.29) is 6.09 Å². The number of nitrogens with one attached hydrogen (secondary N) is 1. The van der Waals surface area contributed by atoms with Crippen LogP contribution in [0, 0.1) is 0 Å². The summed E-state index contributed by atoms with van der Waals surface area (Å²) in [5.41, 5.74) is 1.38. The van der Waals surface area contributed by atoms with Crippen LogP contribution in [-0.2, 0) is 11.2 Å². The second-order valence-electron chi connectivity index (χ2n) is 5.17. The molecule has 0 aliphatic heterocycles. The second kappa shape index (κ2) is 9.37. The van der Waals surface area contributed by atoms with E-state index in [2.05, 4.69) is 48.6 Å². The smallest absolute Gasteiger partial charge is 0.406 e. The summed E-state index contributed by atoms with van der Waals surface area (Å²) in [4.78, 5) is 13.2. The number of nitrogens with zero attached hydrogens (tertiary/aromatic N) is 1. The first-order valence-corrected chi connectivity index (χ1v) is 7.18. The van der Waals surface area contributed by atoms with Crippen molar-refractivity contribution in [3.63, 3.8) is 0 Å². The van der Waals surface area contributed by atoms with E-state index in [0.717, 1.165) is 25.7 Å². The number of hydrogen-bond acceptors (Lipinski definition) is 3. The normalized spacial score (nSPS) is 12.2. The van der Waals surface area contributed by atoms with Crippen molar-refractivity contribution in [2.75, 3.05) is 27.7 Å². The van der Waals surface area contributed by atoms with Gasteiger partial charge in [0.25, 0.3) is 0 Å². The Morgan fingerprint density at radius 3 is 2.55 bits per heavy atom. The number of carbonyl (C=O) groups is 1. The second-order valence-corrected chi connectivity index (χ2v) is 5.17. The van der Waals surface area contributed by atoms with Crippen LogP contribution in [0.25, 0.3) is 0 Å². The summed E-state index contributed by atoms with van der Waals surface area (Å²) in [7, 11) is 5.73. The van der Waals surface area contributed by atoms with Crippen molar-refractivity contribution in [3.8, 4) is 0 Å². The van der Waals surface area contributed by atoms with E-state index in [4.69, 9.17) is 4.74 Å². The Labute approximate surface area is 122 Å². The van der Waals surface area contributed by atoms with Crippen LogP contribution in [0.15, 0.2) is 30.3 Å². The number of rotatable bonds is 8. The molecule has 1 amide bonds. The average Bonchev–Trinajstić information content (AvgIpc) is 2.46. The van der Waals surface area contributed by atoms with E-state index >= 15 is 0 Å². The fraction of sp³-hybridized carbons (Fsp3) is 0.562. The summed E-state index contributed by atoms with van der Waals surface area (Å²) in [6.07, 6.45) is 3.87. The average molecular weight is 278 g/mol. The van der Waals surface area contributed by atoms with Gasteiger partial charge in [0.05, 0.1) is 6.61 Å². The molecule has 0 saturated carbocycles. The largest absolute Gasteiger partial charge is 0.450 e. The maximum Gasteiger partial charge on any atom is 0.406 e. The SMILES string of the molecule is CNC(=O)OCCC(CCCc1ccccc1)N(C)C. The highest BCUT2D eigenvalue weighted by Crippen LogP contribution is 2.12. The van der Waals surface area contributed by atoms with Gasteiger partial charge < -0.3 is 15.0 Å². The molecule has 0 spiro atoms. The van der Waals surface area contributed by atoms with Gasteiger partial charge in [0.1, 0.15) is 0 Å². The van der Waals surface area contributed by atoms with Crippen molar-refractivity contribution in [3.05, 3.63) is 35.9 Å². The molecule has 20 heavy (non-hydrogen) atoms. The van der Waals surface area contributed by atoms with Gasteiger partial charge in [-0.2, -0.15) is 0 Å². The third-order valence-electron chi connectivity index (χ3n) is 3.46. The van der Waals surface area contributed by atoms with Gasteiger partial charge in [-0.05, 0) is 45.3 Å². The van der Waals surface area contributed by atoms with Crippen molar-refractivity contribution < 1.29 is 9.53 Å². The summed E-state index contributed by atoms with van der Waals surface area (Å²) in [6, 6.07) is 11.0. The predicted octanol–water partition coefficient (Wildman–Crippen LogP) is 2.69. The molecule has 1 rings (SSSR count). The Kier molecular flexibility index (Phi) is 7.73. The van der Waals surface area contributed by atoms with E-state index < -0.39 is 0 Å². The molecule has 0 heterocycles. The monoisotopic (exact) mass is 278 g/mol. The minimum absolute atomic E-state index is 0.355. The van der Waals surface area contributed by atoms with Crippen molar-refractivity contribution in [1.82, 2.24) is 10.2 Å². The Morgan fingerprint density at radius 2 is 1.95 bits per heavy atom. The van der Waals surface area contributed by atoms with Crippen LogP contribution in [0.2, 0.25) is 0 Å². The molecule has 0 radical (unpaired) electrons. The molecule has 0 aromatic heterocycles. The minimum Gasteiger partial charge on any atom is -0.450 e. The Balaban J connectivity index is 2.27. The third-order valence-corrected chi connectivity index (χ3v) is 3.46. The van der Waals surface area contributed by atoms with Gasteiger partial charge in [-0.25, -0.2) is 4.79 Å². The van der Waals surface area contributed by atoms with E-state index in [1.165, 1.54) is 5.56 Å². The van der Waals surface area contributed by atoms with Crippen LogP contribution >= 0.6 is 0 Å². The standard InChI is InChI=1S/C16H26N2O2/c1-17-16(19)20-13-12-15(18(2)3)11-7-10-14-8-5-4-6-9-14/h4-6,8-9,15H,7,10-13H2,1-3H3,(H,17,19). The lowest BCUT2D eigenvalue weighted by atomic mass is 10.0. The van der Waals surface area contributed by atoms with E-state index in [0.29, 0.717) is 12.6 Å². The Hall–Kier alpha value is -1.55. The molecule has 0 aliphatic carbocycles. The van der Waals surface area contributed by atoms with Gasteiger partial charge in [-0.15, -0.1) is 0 Å². The number of aryl methyl sites for hydroxylation is 1. The summed E-state index contributed by atoms with van der Waals surface area (Å²) < 4.78 is 5.06. The zero-order chi connectivity index (χ0) is 14.8. The van der Waals surface area contributed by atoms with E-state index in [1.54, 1.807) is 7.05 Å². The minimum atomic E-state index is -0.355. The third kappa shape index (κ3) is 6.57. The molecule has 4 heteroatoms. The number of hydrogen-bond donors (Lipinski definition) is 1. The van der Waals surface area contributed by atoms with Crippen LogP contribution in [0.5, 0.6) is 0 Å². The van der Waals surface area contributed by atoms with Crippen LogP contribution in [0.1, 0.15) is 24.8 Å². The molecule has 0 saturated heterocycles.